The van der Waals surface area contributed by atoms with Gasteiger partial charge in [-0.05, 0) is 27.6 Å². The summed E-state index contributed by atoms with van der Waals surface area (Å²) in [6, 6.07) is 12.5. The summed E-state index contributed by atoms with van der Waals surface area (Å²) in [7, 11) is 0. The van der Waals surface area contributed by atoms with E-state index in [4.69, 9.17) is 5.73 Å². The van der Waals surface area contributed by atoms with Crippen LogP contribution in [0.1, 0.15) is 16.4 Å². The van der Waals surface area contributed by atoms with Crippen molar-refractivity contribution in [1.29, 1.82) is 0 Å². The Bertz CT molecular complexity index is 424. The van der Waals surface area contributed by atoms with E-state index in [1.807, 2.05) is 6.07 Å². The molecule has 1 aromatic carbocycles. The molecule has 2 aromatic rings. The van der Waals surface area contributed by atoms with Crippen molar-refractivity contribution in [2.75, 3.05) is 6.54 Å². The van der Waals surface area contributed by atoms with Crippen molar-refractivity contribution in [3.63, 3.8) is 0 Å². The zero-order chi connectivity index (χ0) is 10.7. The SMILES string of the molecule is NCC(c1ccccc1)c1cc(Br)cs1. The first-order valence-corrected chi connectivity index (χ1v) is 6.47. The van der Waals surface area contributed by atoms with E-state index in [0.29, 0.717) is 12.5 Å². The van der Waals surface area contributed by atoms with Crippen molar-refractivity contribution in [2.24, 2.45) is 5.73 Å². The summed E-state index contributed by atoms with van der Waals surface area (Å²) in [4.78, 5) is 1.32. The highest BCUT2D eigenvalue weighted by Gasteiger charge is 2.13. The third kappa shape index (κ3) is 2.48. The average Bonchev–Trinajstić information content (AvgIpc) is 2.68. The van der Waals surface area contributed by atoms with E-state index in [2.05, 4.69) is 51.6 Å². The van der Waals surface area contributed by atoms with Crippen LogP contribution in [-0.2, 0) is 0 Å². The van der Waals surface area contributed by atoms with Gasteiger partial charge in [0, 0.05) is 27.2 Å². The predicted octanol–water partition coefficient (Wildman–Crippen LogP) is 3.60. The molecule has 0 amide bonds. The van der Waals surface area contributed by atoms with Crippen molar-refractivity contribution >= 4 is 27.3 Å². The largest absolute Gasteiger partial charge is 0.329 e. The first-order chi connectivity index (χ1) is 7.31. The number of halogens is 1. The molecular formula is C12H12BrNS. The smallest absolute Gasteiger partial charge is 0.0306 e. The molecule has 2 rings (SSSR count). The molecule has 0 bridgehead atoms. The molecule has 1 heterocycles. The van der Waals surface area contributed by atoms with Gasteiger partial charge in [-0.3, -0.25) is 0 Å². The zero-order valence-electron chi connectivity index (χ0n) is 8.19. The maximum Gasteiger partial charge on any atom is 0.0306 e. The summed E-state index contributed by atoms with van der Waals surface area (Å²) < 4.78 is 1.14. The highest BCUT2D eigenvalue weighted by molar-refractivity contribution is 9.10. The molecule has 1 aromatic heterocycles. The molecule has 0 radical (unpaired) electrons. The zero-order valence-corrected chi connectivity index (χ0v) is 10.6. The van der Waals surface area contributed by atoms with Gasteiger partial charge in [0.1, 0.15) is 0 Å². The van der Waals surface area contributed by atoms with Gasteiger partial charge in [-0.2, -0.15) is 0 Å². The molecule has 78 valence electrons. The van der Waals surface area contributed by atoms with Crippen LogP contribution in [0.5, 0.6) is 0 Å². The summed E-state index contributed by atoms with van der Waals surface area (Å²) in [6.45, 7) is 0.650. The van der Waals surface area contributed by atoms with Gasteiger partial charge in [-0.15, -0.1) is 11.3 Å². The Hall–Kier alpha value is -0.640. The van der Waals surface area contributed by atoms with E-state index in [0.717, 1.165) is 4.47 Å². The van der Waals surface area contributed by atoms with Crippen molar-refractivity contribution < 1.29 is 0 Å². The molecule has 0 aliphatic carbocycles. The molecule has 1 nitrogen and oxygen atoms in total. The number of nitrogens with two attached hydrogens (primary N) is 1. The molecule has 0 aliphatic rings. The lowest BCUT2D eigenvalue weighted by Crippen LogP contribution is -2.12. The van der Waals surface area contributed by atoms with Crippen LogP contribution >= 0.6 is 27.3 Å². The number of hydrogen-bond donors (Lipinski definition) is 1. The minimum atomic E-state index is 0.322. The molecule has 15 heavy (non-hydrogen) atoms. The molecule has 0 fully saturated rings. The molecule has 3 heteroatoms. The van der Waals surface area contributed by atoms with Crippen LogP contribution < -0.4 is 5.73 Å². The average molecular weight is 282 g/mol. The van der Waals surface area contributed by atoms with E-state index >= 15 is 0 Å². The standard InChI is InChI=1S/C12H12BrNS/c13-10-6-12(15-8-10)11(7-14)9-4-2-1-3-5-9/h1-6,8,11H,7,14H2. The molecule has 0 saturated heterocycles. The minimum absolute atomic E-state index is 0.322. The Labute approximate surface area is 102 Å². The Balaban J connectivity index is 2.33. The van der Waals surface area contributed by atoms with Crippen LogP contribution in [0.15, 0.2) is 46.3 Å². The summed E-state index contributed by atoms with van der Waals surface area (Å²) >= 11 is 5.22. The number of hydrogen-bond acceptors (Lipinski definition) is 2. The van der Waals surface area contributed by atoms with Crippen LogP contribution in [0.25, 0.3) is 0 Å². The first kappa shape index (κ1) is 10.9. The second-order valence-corrected chi connectivity index (χ2v) is 5.22. The van der Waals surface area contributed by atoms with Crippen LogP contribution in [0.2, 0.25) is 0 Å². The van der Waals surface area contributed by atoms with Gasteiger partial charge in [0.2, 0.25) is 0 Å². The van der Waals surface area contributed by atoms with Crippen molar-refractivity contribution in [2.45, 2.75) is 5.92 Å². The number of rotatable bonds is 3. The Morgan fingerprint density at radius 3 is 2.53 bits per heavy atom. The van der Waals surface area contributed by atoms with E-state index < -0.39 is 0 Å². The Morgan fingerprint density at radius 2 is 2.00 bits per heavy atom. The highest BCUT2D eigenvalue weighted by atomic mass is 79.9. The molecule has 2 N–H and O–H groups in total. The van der Waals surface area contributed by atoms with Gasteiger partial charge in [0.05, 0.1) is 0 Å². The second kappa shape index (κ2) is 4.92. The maximum atomic E-state index is 5.84. The second-order valence-electron chi connectivity index (χ2n) is 3.37. The fourth-order valence-corrected chi connectivity index (χ4v) is 3.20. The van der Waals surface area contributed by atoms with Crippen LogP contribution in [0.4, 0.5) is 0 Å². The van der Waals surface area contributed by atoms with Gasteiger partial charge < -0.3 is 5.73 Å². The van der Waals surface area contributed by atoms with Crippen LogP contribution in [0.3, 0.4) is 0 Å². The summed E-state index contributed by atoms with van der Waals surface area (Å²) in [6.07, 6.45) is 0. The van der Waals surface area contributed by atoms with Gasteiger partial charge in [-0.1, -0.05) is 30.3 Å². The van der Waals surface area contributed by atoms with E-state index in [1.54, 1.807) is 11.3 Å². The predicted molar refractivity (Wildman–Crippen MR) is 69.4 cm³/mol. The molecule has 0 saturated carbocycles. The molecular weight excluding hydrogens is 270 g/mol. The normalized spacial score (nSPS) is 12.7. The van der Waals surface area contributed by atoms with Gasteiger partial charge in [0.25, 0.3) is 0 Å². The summed E-state index contributed by atoms with van der Waals surface area (Å²) in [5.74, 6) is 0.322. The monoisotopic (exact) mass is 281 g/mol. The molecule has 1 atom stereocenters. The number of thiophene rings is 1. The van der Waals surface area contributed by atoms with Crippen LogP contribution in [-0.4, -0.2) is 6.54 Å². The quantitative estimate of drug-likeness (QED) is 0.914. The van der Waals surface area contributed by atoms with Crippen LogP contribution in [0, 0.1) is 0 Å². The molecule has 0 aliphatic heterocycles. The first-order valence-electron chi connectivity index (χ1n) is 4.80. The maximum absolute atomic E-state index is 5.84. The minimum Gasteiger partial charge on any atom is -0.329 e. The topological polar surface area (TPSA) is 26.0 Å². The lowest BCUT2D eigenvalue weighted by atomic mass is 9.98. The van der Waals surface area contributed by atoms with Gasteiger partial charge >= 0.3 is 0 Å². The molecule has 1 unspecified atom stereocenters. The Kier molecular flexibility index (Phi) is 3.57. The fraction of sp³-hybridized carbons (Fsp3) is 0.167. The Morgan fingerprint density at radius 1 is 1.27 bits per heavy atom. The lowest BCUT2D eigenvalue weighted by Gasteiger charge is -2.12. The van der Waals surface area contributed by atoms with Gasteiger partial charge in [-0.25, -0.2) is 0 Å². The van der Waals surface area contributed by atoms with Crippen molar-refractivity contribution in [1.82, 2.24) is 0 Å². The van der Waals surface area contributed by atoms with E-state index in [9.17, 15) is 0 Å². The molecule has 0 spiro atoms. The fourth-order valence-electron chi connectivity index (χ4n) is 1.61. The summed E-state index contributed by atoms with van der Waals surface area (Å²) in [5.41, 5.74) is 7.12. The van der Waals surface area contributed by atoms with E-state index in [-0.39, 0.29) is 0 Å². The third-order valence-electron chi connectivity index (χ3n) is 2.37. The lowest BCUT2D eigenvalue weighted by molar-refractivity contribution is 0.835. The third-order valence-corrected chi connectivity index (χ3v) is 4.18. The van der Waals surface area contributed by atoms with Crippen molar-refractivity contribution in [3.05, 3.63) is 56.7 Å². The number of benzene rings is 1. The van der Waals surface area contributed by atoms with Gasteiger partial charge in [0.15, 0.2) is 0 Å². The highest BCUT2D eigenvalue weighted by Crippen LogP contribution is 2.30. The van der Waals surface area contributed by atoms with E-state index in [1.165, 1.54) is 10.4 Å². The van der Waals surface area contributed by atoms with Crippen molar-refractivity contribution in [3.8, 4) is 0 Å². The summed E-state index contributed by atoms with van der Waals surface area (Å²) in [5, 5.41) is 2.10.